The zero-order valence-electron chi connectivity index (χ0n) is 16.8. The Morgan fingerprint density at radius 1 is 0.933 bits per heavy atom. The molecule has 2 aromatic carbocycles. The van der Waals surface area contributed by atoms with Crippen LogP contribution in [0.4, 0.5) is 17.3 Å². The molecule has 0 unspecified atom stereocenters. The summed E-state index contributed by atoms with van der Waals surface area (Å²) < 4.78 is 0. The van der Waals surface area contributed by atoms with Gasteiger partial charge in [-0.3, -0.25) is 10.1 Å². The second-order valence-electron chi connectivity index (χ2n) is 7.34. The smallest absolute Gasteiger partial charge is 0.353 e. The lowest BCUT2D eigenvalue weighted by Gasteiger charge is -2.33. The lowest BCUT2D eigenvalue weighted by molar-refractivity contribution is -0.383. The van der Waals surface area contributed by atoms with Gasteiger partial charge in [0.1, 0.15) is 6.33 Å². The fraction of sp³-hybridized carbons (Fsp3) is 0.273. The molecule has 0 atom stereocenters. The van der Waals surface area contributed by atoms with E-state index in [-0.39, 0.29) is 22.5 Å². The van der Waals surface area contributed by atoms with Crippen LogP contribution in [0.2, 0.25) is 0 Å². The van der Waals surface area contributed by atoms with Crippen molar-refractivity contribution in [1.29, 1.82) is 0 Å². The Morgan fingerprint density at radius 2 is 1.50 bits per heavy atom. The molecule has 8 heteroatoms. The van der Waals surface area contributed by atoms with Gasteiger partial charge in [-0.05, 0) is 18.2 Å². The standard InChI is InChI=1S/C22H24N6O2/c1-26-12-14-27(15-13-26)22-20(28(29)30)21(23-16-24-22)25-19(17-8-4-2-5-9-17)18-10-6-3-7-11-18/h2-11,16,19H,12-15H2,1H3,(H,23,24,25). The average Bonchev–Trinajstić information content (AvgIpc) is 2.79. The molecule has 0 amide bonds. The number of likely N-dealkylation sites (N-methyl/N-ethyl adjacent to an activating group) is 1. The number of anilines is 2. The van der Waals surface area contributed by atoms with E-state index in [0.29, 0.717) is 18.9 Å². The van der Waals surface area contributed by atoms with Gasteiger partial charge in [-0.1, -0.05) is 60.7 Å². The molecule has 1 N–H and O–H groups in total. The third-order valence-electron chi connectivity index (χ3n) is 5.34. The number of piperazine rings is 1. The summed E-state index contributed by atoms with van der Waals surface area (Å²) in [5.41, 5.74) is 1.91. The molecular weight excluding hydrogens is 380 g/mol. The third-order valence-corrected chi connectivity index (χ3v) is 5.34. The Kier molecular flexibility index (Phi) is 5.85. The van der Waals surface area contributed by atoms with E-state index in [9.17, 15) is 10.1 Å². The largest absolute Gasteiger partial charge is 0.353 e. The molecular formula is C22H24N6O2. The van der Waals surface area contributed by atoms with E-state index in [0.717, 1.165) is 24.2 Å². The number of nitrogens with zero attached hydrogens (tertiary/aromatic N) is 5. The van der Waals surface area contributed by atoms with Gasteiger partial charge in [0.05, 0.1) is 11.0 Å². The molecule has 0 spiro atoms. The van der Waals surface area contributed by atoms with E-state index in [1.165, 1.54) is 6.33 Å². The fourth-order valence-corrected chi connectivity index (χ4v) is 3.68. The van der Waals surface area contributed by atoms with Crippen LogP contribution in [0, 0.1) is 10.1 Å². The van der Waals surface area contributed by atoms with Crippen LogP contribution < -0.4 is 10.2 Å². The summed E-state index contributed by atoms with van der Waals surface area (Å²) in [7, 11) is 2.04. The van der Waals surface area contributed by atoms with Crippen LogP contribution in [0.15, 0.2) is 67.0 Å². The summed E-state index contributed by atoms with van der Waals surface area (Å²) >= 11 is 0. The zero-order chi connectivity index (χ0) is 20.9. The first-order valence-corrected chi connectivity index (χ1v) is 9.93. The van der Waals surface area contributed by atoms with E-state index in [4.69, 9.17) is 0 Å². The molecule has 154 valence electrons. The molecule has 0 aliphatic carbocycles. The molecule has 1 fully saturated rings. The highest BCUT2D eigenvalue weighted by Crippen LogP contribution is 2.35. The molecule has 3 aromatic rings. The fourth-order valence-electron chi connectivity index (χ4n) is 3.68. The molecule has 1 saturated heterocycles. The van der Waals surface area contributed by atoms with Crippen molar-refractivity contribution in [2.45, 2.75) is 6.04 Å². The van der Waals surface area contributed by atoms with Crippen molar-refractivity contribution in [3.63, 3.8) is 0 Å². The Morgan fingerprint density at radius 3 is 2.03 bits per heavy atom. The molecule has 0 saturated carbocycles. The van der Waals surface area contributed by atoms with Crippen LogP contribution in [0.5, 0.6) is 0 Å². The zero-order valence-corrected chi connectivity index (χ0v) is 16.8. The summed E-state index contributed by atoms with van der Waals surface area (Å²) in [6.07, 6.45) is 1.40. The SMILES string of the molecule is CN1CCN(c2ncnc(NC(c3ccccc3)c3ccccc3)c2[N+](=O)[O-])CC1. The van der Waals surface area contributed by atoms with Crippen molar-refractivity contribution < 1.29 is 4.92 Å². The molecule has 8 nitrogen and oxygen atoms in total. The number of nitrogens with one attached hydrogen (secondary N) is 1. The van der Waals surface area contributed by atoms with Gasteiger partial charge in [-0.2, -0.15) is 0 Å². The lowest BCUT2D eigenvalue weighted by Crippen LogP contribution is -2.45. The Hall–Kier alpha value is -3.52. The van der Waals surface area contributed by atoms with Crippen LogP contribution in [0.3, 0.4) is 0 Å². The van der Waals surface area contributed by atoms with E-state index >= 15 is 0 Å². The first-order valence-electron chi connectivity index (χ1n) is 9.93. The predicted molar refractivity (Wildman–Crippen MR) is 117 cm³/mol. The number of aromatic nitrogens is 2. The van der Waals surface area contributed by atoms with Crippen molar-refractivity contribution in [1.82, 2.24) is 14.9 Å². The van der Waals surface area contributed by atoms with Gasteiger partial charge in [-0.15, -0.1) is 0 Å². The van der Waals surface area contributed by atoms with E-state index in [1.807, 2.05) is 72.6 Å². The van der Waals surface area contributed by atoms with E-state index in [1.54, 1.807) is 0 Å². The molecule has 0 radical (unpaired) electrons. The minimum Gasteiger partial charge on any atom is -0.353 e. The maximum Gasteiger partial charge on any atom is 0.353 e. The number of hydrogen-bond donors (Lipinski definition) is 1. The molecule has 0 bridgehead atoms. The van der Waals surface area contributed by atoms with Crippen molar-refractivity contribution >= 4 is 17.3 Å². The maximum atomic E-state index is 12.1. The van der Waals surface area contributed by atoms with Gasteiger partial charge in [-0.25, -0.2) is 9.97 Å². The van der Waals surface area contributed by atoms with Gasteiger partial charge < -0.3 is 15.1 Å². The molecule has 2 heterocycles. The van der Waals surface area contributed by atoms with E-state index < -0.39 is 0 Å². The summed E-state index contributed by atoms with van der Waals surface area (Å²) in [6, 6.07) is 19.4. The first-order chi connectivity index (χ1) is 14.6. The summed E-state index contributed by atoms with van der Waals surface area (Å²) in [4.78, 5) is 24.4. The highest BCUT2D eigenvalue weighted by molar-refractivity contribution is 5.71. The van der Waals surface area contributed by atoms with Crippen LogP contribution in [0.25, 0.3) is 0 Å². The second-order valence-corrected chi connectivity index (χ2v) is 7.34. The minimum atomic E-state index is -0.386. The Balaban J connectivity index is 1.73. The topological polar surface area (TPSA) is 87.4 Å². The van der Waals surface area contributed by atoms with Crippen LogP contribution in [-0.4, -0.2) is 53.0 Å². The van der Waals surface area contributed by atoms with Crippen LogP contribution >= 0.6 is 0 Å². The Bertz CT molecular complexity index is 952. The summed E-state index contributed by atoms with van der Waals surface area (Å²) in [6.45, 7) is 3.05. The number of benzene rings is 2. The molecule has 1 aliphatic heterocycles. The maximum absolute atomic E-state index is 12.1. The van der Waals surface area contributed by atoms with Crippen LogP contribution in [0.1, 0.15) is 17.2 Å². The normalized spacial score (nSPS) is 14.7. The first kappa shape index (κ1) is 19.8. The number of nitro groups is 1. The monoisotopic (exact) mass is 404 g/mol. The lowest BCUT2D eigenvalue weighted by atomic mass is 9.98. The van der Waals surface area contributed by atoms with Crippen molar-refractivity contribution in [3.05, 3.63) is 88.2 Å². The molecule has 1 aromatic heterocycles. The summed E-state index contributed by atoms with van der Waals surface area (Å²) in [5, 5.41) is 15.4. The summed E-state index contributed by atoms with van der Waals surface area (Å²) in [5.74, 6) is 0.590. The highest BCUT2D eigenvalue weighted by atomic mass is 16.6. The third kappa shape index (κ3) is 4.23. The van der Waals surface area contributed by atoms with E-state index in [2.05, 4.69) is 20.2 Å². The quantitative estimate of drug-likeness (QED) is 0.498. The molecule has 1 aliphatic rings. The second kappa shape index (κ2) is 8.87. The van der Waals surface area contributed by atoms with Gasteiger partial charge in [0.15, 0.2) is 0 Å². The number of hydrogen-bond acceptors (Lipinski definition) is 7. The minimum absolute atomic E-state index is 0.0843. The molecule has 30 heavy (non-hydrogen) atoms. The van der Waals surface area contributed by atoms with Gasteiger partial charge in [0, 0.05) is 26.2 Å². The van der Waals surface area contributed by atoms with Crippen molar-refractivity contribution in [3.8, 4) is 0 Å². The average molecular weight is 404 g/mol. The van der Waals surface area contributed by atoms with Gasteiger partial charge in [0.2, 0.25) is 11.6 Å². The van der Waals surface area contributed by atoms with Gasteiger partial charge >= 0.3 is 5.69 Å². The van der Waals surface area contributed by atoms with Gasteiger partial charge in [0.25, 0.3) is 0 Å². The van der Waals surface area contributed by atoms with Crippen molar-refractivity contribution in [2.75, 3.05) is 43.4 Å². The predicted octanol–water partition coefficient (Wildman–Crippen LogP) is 3.34. The molecule has 4 rings (SSSR count). The number of rotatable bonds is 6. The van der Waals surface area contributed by atoms with Crippen molar-refractivity contribution in [2.24, 2.45) is 0 Å². The highest BCUT2D eigenvalue weighted by Gasteiger charge is 2.30. The Labute approximate surface area is 175 Å². The van der Waals surface area contributed by atoms with Crippen LogP contribution in [-0.2, 0) is 0 Å².